The molecule has 1 aromatic rings. The van der Waals surface area contributed by atoms with Crippen LogP contribution in [-0.4, -0.2) is 54.9 Å². The van der Waals surface area contributed by atoms with Crippen molar-refractivity contribution in [2.75, 3.05) is 24.2 Å². The lowest BCUT2D eigenvalue weighted by atomic mass is 10.2. The largest absolute Gasteiger partial charge is 0.452 e. The molecule has 0 fully saturated rings. The van der Waals surface area contributed by atoms with Crippen LogP contribution in [0.1, 0.15) is 0 Å². The Morgan fingerprint density at radius 2 is 2.15 bits per heavy atom. The van der Waals surface area contributed by atoms with E-state index in [2.05, 4.69) is 14.7 Å². The fraction of sp³-hybridized carbons (Fsp3) is 0.200. The molecule has 0 radical (unpaired) electrons. The van der Waals surface area contributed by atoms with Crippen molar-refractivity contribution in [1.29, 1.82) is 0 Å². The normalized spacial score (nSPS) is 17.7. The number of nitrogens with zero attached hydrogens (tertiary/aromatic N) is 3. The summed E-state index contributed by atoms with van der Waals surface area (Å²) in [4.78, 5) is 29.3. The molecule has 0 spiro atoms. The summed E-state index contributed by atoms with van der Waals surface area (Å²) in [5, 5.41) is 2.60. The van der Waals surface area contributed by atoms with Gasteiger partial charge in [0, 0.05) is 18.9 Å². The number of rotatable bonds is 4. The maximum atomic E-state index is 12.1. The Labute approximate surface area is 154 Å². The van der Waals surface area contributed by atoms with E-state index in [4.69, 9.17) is 16.3 Å². The summed E-state index contributed by atoms with van der Waals surface area (Å²) in [7, 11) is -3.46. The van der Waals surface area contributed by atoms with Crippen LogP contribution in [0.4, 0.5) is 5.69 Å². The molecule has 0 saturated carbocycles. The first-order chi connectivity index (χ1) is 12.3. The second-order valence-corrected chi connectivity index (χ2v) is 7.43. The number of aromatic nitrogens is 1. The van der Waals surface area contributed by atoms with Crippen molar-refractivity contribution >= 4 is 45.0 Å². The van der Waals surface area contributed by atoms with Crippen molar-refractivity contribution in [3.63, 3.8) is 0 Å². The highest BCUT2D eigenvalue weighted by atomic mass is 35.5. The van der Waals surface area contributed by atoms with Crippen LogP contribution in [-0.2, 0) is 24.3 Å². The Balaban J connectivity index is 1.58. The summed E-state index contributed by atoms with van der Waals surface area (Å²) in [6, 6.07) is 3.16. The number of ether oxygens (including phenoxy) is 1. The van der Waals surface area contributed by atoms with Crippen molar-refractivity contribution in [2.24, 2.45) is 4.40 Å². The lowest BCUT2D eigenvalue weighted by Gasteiger charge is -2.26. The zero-order valence-electron chi connectivity index (χ0n) is 13.3. The van der Waals surface area contributed by atoms with E-state index < -0.39 is 28.5 Å². The van der Waals surface area contributed by atoms with Gasteiger partial charge in [0.1, 0.15) is 5.84 Å². The zero-order chi connectivity index (χ0) is 18.7. The third-order valence-corrected chi connectivity index (χ3v) is 4.89. The van der Waals surface area contributed by atoms with Crippen LogP contribution in [0.2, 0.25) is 5.15 Å². The number of sulfonamides is 1. The summed E-state index contributed by atoms with van der Waals surface area (Å²) in [6.07, 6.45) is 5.70. The maximum Gasteiger partial charge on any atom is 0.340 e. The Bertz CT molecular complexity index is 955. The molecular weight excluding hydrogens is 384 g/mol. The monoisotopic (exact) mass is 396 g/mol. The standard InChI is InChI=1S/C15H13ClN4O5S/c16-14-11(2-1-5-17-14)18-13(21)9-25-15(22)10-3-4-12-19-26(23,24)7-6-20(12)8-10/h1-5,8H,6-7,9H2,(H,18,21). The van der Waals surface area contributed by atoms with Crippen LogP contribution in [0.25, 0.3) is 0 Å². The highest BCUT2D eigenvalue weighted by Gasteiger charge is 2.25. The lowest BCUT2D eigenvalue weighted by Crippen LogP contribution is -2.37. The molecule has 1 N–H and O–H groups in total. The Morgan fingerprint density at radius 1 is 1.35 bits per heavy atom. The molecule has 0 aliphatic carbocycles. The predicted octanol–water partition coefficient (Wildman–Crippen LogP) is 0.714. The first kappa shape index (κ1) is 18.1. The molecule has 1 aromatic heterocycles. The molecule has 0 unspecified atom stereocenters. The van der Waals surface area contributed by atoms with Gasteiger partial charge in [-0.15, -0.1) is 4.40 Å². The van der Waals surface area contributed by atoms with Crippen molar-refractivity contribution in [1.82, 2.24) is 9.88 Å². The van der Waals surface area contributed by atoms with Crippen LogP contribution >= 0.6 is 11.6 Å². The van der Waals surface area contributed by atoms with E-state index in [9.17, 15) is 18.0 Å². The Morgan fingerprint density at radius 3 is 2.92 bits per heavy atom. The van der Waals surface area contributed by atoms with Crippen molar-refractivity contribution in [3.05, 3.63) is 47.4 Å². The van der Waals surface area contributed by atoms with E-state index in [1.54, 1.807) is 12.1 Å². The molecule has 2 aliphatic rings. The number of hydrogen-bond donors (Lipinski definition) is 1. The first-order valence-electron chi connectivity index (χ1n) is 7.41. The number of esters is 1. The number of halogens is 1. The van der Waals surface area contributed by atoms with Crippen LogP contribution in [0.3, 0.4) is 0 Å². The van der Waals surface area contributed by atoms with Gasteiger partial charge in [0.15, 0.2) is 11.8 Å². The molecule has 0 saturated heterocycles. The summed E-state index contributed by atoms with van der Waals surface area (Å²) < 4.78 is 31.5. The van der Waals surface area contributed by atoms with E-state index >= 15 is 0 Å². The Hall–Kier alpha value is -2.72. The summed E-state index contributed by atoms with van der Waals surface area (Å²) >= 11 is 5.83. The van der Waals surface area contributed by atoms with Crippen LogP contribution in [0.15, 0.2) is 46.7 Å². The molecule has 0 atom stereocenters. The quantitative estimate of drug-likeness (QED) is 0.588. The molecule has 0 aromatic carbocycles. The number of hydrogen-bond acceptors (Lipinski definition) is 7. The van der Waals surface area contributed by atoms with Gasteiger partial charge in [-0.3, -0.25) is 4.79 Å². The van der Waals surface area contributed by atoms with Crippen LogP contribution in [0.5, 0.6) is 0 Å². The minimum atomic E-state index is -3.46. The van der Waals surface area contributed by atoms with Gasteiger partial charge in [-0.05, 0) is 24.3 Å². The molecule has 136 valence electrons. The number of nitrogens with one attached hydrogen (secondary N) is 1. The van der Waals surface area contributed by atoms with Gasteiger partial charge >= 0.3 is 5.97 Å². The van der Waals surface area contributed by atoms with Crippen molar-refractivity contribution in [2.45, 2.75) is 0 Å². The highest BCUT2D eigenvalue weighted by molar-refractivity contribution is 7.90. The highest BCUT2D eigenvalue weighted by Crippen LogP contribution is 2.18. The average Bonchev–Trinajstić information content (AvgIpc) is 2.60. The fourth-order valence-corrected chi connectivity index (χ4v) is 3.34. The fourth-order valence-electron chi connectivity index (χ4n) is 2.20. The Kier molecular flexibility index (Phi) is 5.05. The molecule has 26 heavy (non-hydrogen) atoms. The maximum absolute atomic E-state index is 12.1. The third kappa shape index (κ3) is 4.27. The smallest absolute Gasteiger partial charge is 0.340 e. The molecule has 9 nitrogen and oxygen atoms in total. The number of carbonyl (C=O) groups is 2. The molecule has 3 rings (SSSR count). The van der Waals surface area contributed by atoms with E-state index in [0.717, 1.165) is 0 Å². The predicted molar refractivity (Wildman–Crippen MR) is 94.0 cm³/mol. The van der Waals surface area contributed by atoms with Crippen molar-refractivity contribution in [3.8, 4) is 0 Å². The summed E-state index contributed by atoms with van der Waals surface area (Å²) in [5.74, 6) is -1.20. The lowest BCUT2D eigenvalue weighted by molar-refractivity contribution is -0.143. The van der Waals surface area contributed by atoms with Gasteiger partial charge in [-0.25, -0.2) is 18.2 Å². The number of amides is 1. The second-order valence-electron chi connectivity index (χ2n) is 5.31. The minimum Gasteiger partial charge on any atom is -0.452 e. The molecule has 11 heteroatoms. The number of amidine groups is 1. The third-order valence-electron chi connectivity index (χ3n) is 3.43. The minimum absolute atomic E-state index is 0.122. The average molecular weight is 397 g/mol. The number of carbonyl (C=O) groups excluding carboxylic acids is 2. The van der Waals surface area contributed by atoms with Gasteiger partial charge in [0.05, 0.1) is 17.0 Å². The number of pyridine rings is 1. The summed E-state index contributed by atoms with van der Waals surface area (Å²) in [5.41, 5.74) is 0.484. The molecular formula is C15H13ClN4O5S. The van der Waals surface area contributed by atoms with Crippen LogP contribution < -0.4 is 5.32 Å². The molecule has 2 aliphatic heterocycles. The first-order valence-corrected chi connectivity index (χ1v) is 9.39. The summed E-state index contributed by atoms with van der Waals surface area (Å²) in [6.45, 7) is -0.327. The van der Waals surface area contributed by atoms with E-state index in [-0.39, 0.29) is 28.9 Å². The molecule has 3 heterocycles. The number of fused-ring (bicyclic) bond motifs is 1. The molecule has 0 bridgehead atoms. The topological polar surface area (TPSA) is 118 Å². The van der Waals surface area contributed by atoms with Gasteiger partial charge < -0.3 is 15.0 Å². The van der Waals surface area contributed by atoms with E-state index in [0.29, 0.717) is 5.69 Å². The SMILES string of the molecule is O=C(COC(=O)C1=CN2CCS(=O)(=O)N=C2C=C1)Nc1cccnc1Cl. The van der Waals surface area contributed by atoms with Gasteiger partial charge in [-0.2, -0.15) is 0 Å². The zero-order valence-corrected chi connectivity index (χ0v) is 14.8. The van der Waals surface area contributed by atoms with E-state index in [1.165, 1.54) is 29.4 Å². The number of anilines is 1. The molecule has 1 amide bonds. The van der Waals surface area contributed by atoms with Crippen molar-refractivity contribution < 1.29 is 22.7 Å². The van der Waals surface area contributed by atoms with Gasteiger partial charge in [-0.1, -0.05) is 11.6 Å². The second kappa shape index (κ2) is 7.26. The van der Waals surface area contributed by atoms with Gasteiger partial charge in [0.25, 0.3) is 15.9 Å². The van der Waals surface area contributed by atoms with E-state index in [1.807, 2.05) is 0 Å². The van der Waals surface area contributed by atoms with Crippen LogP contribution in [0, 0.1) is 0 Å². The van der Waals surface area contributed by atoms with Gasteiger partial charge in [0.2, 0.25) is 0 Å².